The fraction of sp³-hybridized carbons (Fsp3) is 0.577. The molecule has 0 amide bonds. The van der Waals surface area contributed by atoms with Crippen molar-refractivity contribution in [2.75, 3.05) is 27.8 Å². The molecule has 0 saturated carbocycles. The van der Waals surface area contributed by atoms with Crippen LogP contribution < -0.4 is 9.47 Å². The maximum absolute atomic E-state index is 13.1. The van der Waals surface area contributed by atoms with Crippen LogP contribution >= 0.6 is 0 Å². The molecule has 1 aromatic carbocycles. The molecule has 8 nitrogen and oxygen atoms in total. The number of nitrogens with zero attached hydrogens (tertiary/aromatic N) is 1. The average molecular weight is 472 g/mol. The third-order valence-electron chi connectivity index (χ3n) is 7.59. The van der Waals surface area contributed by atoms with Gasteiger partial charge < -0.3 is 23.8 Å². The normalized spacial score (nSPS) is 25.6. The maximum atomic E-state index is 13.1. The number of benzene rings is 1. The Labute approximate surface area is 200 Å². The Balaban J connectivity index is 1.98. The number of likely N-dealkylation sites (tertiary alicyclic amines) is 1. The number of piperidine rings is 1. The van der Waals surface area contributed by atoms with Crippen molar-refractivity contribution in [2.45, 2.75) is 64.0 Å². The molecular weight excluding hydrogens is 438 g/mol. The fourth-order valence-electron chi connectivity index (χ4n) is 5.83. The summed E-state index contributed by atoms with van der Waals surface area (Å²) in [6.07, 6.45) is 4.09. The Morgan fingerprint density at radius 3 is 2.53 bits per heavy atom. The van der Waals surface area contributed by atoms with Crippen LogP contribution in [0, 0.1) is 5.92 Å². The number of rotatable bonds is 7. The first-order chi connectivity index (χ1) is 16.3. The van der Waals surface area contributed by atoms with E-state index in [1.165, 1.54) is 14.2 Å². The topological polar surface area (TPSA) is 91.4 Å². The van der Waals surface area contributed by atoms with E-state index in [2.05, 4.69) is 11.9 Å². The van der Waals surface area contributed by atoms with Gasteiger partial charge in [0.2, 0.25) is 0 Å². The molecule has 1 fully saturated rings. The van der Waals surface area contributed by atoms with Crippen molar-refractivity contribution in [1.29, 1.82) is 0 Å². The predicted molar refractivity (Wildman–Crippen MR) is 124 cm³/mol. The number of allylic oxidation sites excluding steroid dienone is 1. The fourth-order valence-corrected chi connectivity index (χ4v) is 5.83. The number of carbonyl (C=O) groups excluding carboxylic acids is 3. The second kappa shape index (κ2) is 9.41. The number of likely N-dealkylation sites (N-methyl/N-ethyl adjacent to an activating group) is 1. The average Bonchev–Trinajstić information content (AvgIpc) is 2.84. The number of ether oxygens (including phenoxy) is 4. The largest absolute Gasteiger partial charge is 0.493 e. The molecule has 34 heavy (non-hydrogen) atoms. The Bertz CT molecular complexity index is 1050. The minimum Gasteiger partial charge on any atom is -0.493 e. The first-order valence-electron chi connectivity index (χ1n) is 11.9. The molecule has 2 bridgehead atoms. The summed E-state index contributed by atoms with van der Waals surface area (Å²) >= 11 is 0. The SMILES string of the molecule is CCC(=O)OCc1cc(OC)c(OC(=O)CC)c2c1C[C@H]1[C@H]3C=C(OC)C(=O)C[C@@]23CCN1C. The first-order valence-corrected chi connectivity index (χ1v) is 11.9. The van der Waals surface area contributed by atoms with E-state index in [0.29, 0.717) is 23.7 Å². The molecule has 8 heteroatoms. The highest BCUT2D eigenvalue weighted by Gasteiger charge is 2.57. The highest BCUT2D eigenvalue weighted by molar-refractivity contribution is 5.96. The van der Waals surface area contributed by atoms with E-state index in [1.807, 2.05) is 6.08 Å². The molecule has 1 heterocycles. The predicted octanol–water partition coefficient (Wildman–Crippen LogP) is 3.08. The second-order valence-corrected chi connectivity index (χ2v) is 9.28. The summed E-state index contributed by atoms with van der Waals surface area (Å²) in [5, 5.41) is 0. The first kappa shape index (κ1) is 24.3. The Morgan fingerprint density at radius 2 is 1.88 bits per heavy atom. The lowest BCUT2D eigenvalue weighted by Gasteiger charge is -2.57. The maximum Gasteiger partial charge on any atom is 0.311 e. The van der Waals surface area contributed by atoms with Crippen LogP contribution in [-0.2, 0) is 42.3 Å². The number of ketones is 1. The van der Waals surface area contributed by atoms with Gasteiger partial charge in [-0.3, -0.25) is 14.4 Å². The van der Waals surface area contributed by atoms with Crippen LogP contribution in [0.25, 0.3) is 0 Å². The zero-order valence-electron chi connectivity index (χ0n) is 20.6. The van der Waals surface area contributed by atoms with E-state index in [-0.39, 0.29) is 55.6 Å². The van der Waals surface area contributed by atoms with Crippen molar-refractivity contribution in [3.63, 3.8) is 0 Å². The molecule has 1 saturated heterocycles. The summed E-state index contributed by atoms with van der Waals surface area (Å²) in [5.74, 6) is 0.444. The molecule has 0 spiro atoms. The molecule has 2 aliphatic carbocycles. The van der Waals surface area contributed by atoms with Gasteiger partial charge in [0.15, 0.2) is 23.0 Å². The third kappa shape index (κ3) is 3.87. The zero-order valence-corrected chi connectivity index (χ0v) is 20.6. The van der Waals surface area contributed by atoms with Crippen molar-refractivity contribution in [3.8, 4) is 11.5 Å². The lowest BCUT2D eigenvalue weighted by molar-refractivity contribution is -0.144. The van der Waals surface area contributed by atoms with E-state index < -0.39 is 5.41 Å². The Hall–Kier alpha value is -2.87. The summed E-state index contributed by atoms with van der Waals surface area (Å²) in [4.78, 5) is 39.9. The standard InChI is InChI=1S/C26H33NO7/c1-6-22(29)33-14-15-10-21(32-5)25(34-23(30)7-2)24-16(15)11-18-17-12-20(31-4)19(28)13-26(17,24)8-9-27(18)3/h10,12,17-18H,6-9,11,13-14H2,1-5H3/t17-,18+,26-/m1/s1. The molecule has 0 aromatic heterocycles. The van der Waals surface area contributed by atoms with Gasteiger partial charge in [-0.2, -0.15) is 0 Å². The highest BCUT2D eigenvalue weighted by Crippen LogP contribution is 2.58. The van der Waals surface area contributed by atoms with Crippen molar-refractivity contribution >= 4 is 17.7 Å². The van der Waals surface area contributed by atoms with Crippen molar-refractivity contribution in [3.05, 3.63) is 34.6 Å². The van der Waals surface area contributed by atoms with E-state index in [0.717, 1.165) is 29.7 Å². The molecule has 3 aliphatic rings. The summed E-state index contributed by atoms with van der Waals surface area (Å²) in [6.45, 7) is 4.40. The number of methoxy groups -OCH3 is 2. The number of hydrogen-bond donors (Lipinski definition) is 0. The van der Waals surface area contributed by atoms with Gasteiger partial charge in [0.25, 0.3) is 0 Å². The molecule has 0 unspecified atom stereocenters. The minimum absolute atomic E-state index is 0.00336. The molecule has 0 radical (unpaired) electrons. The van der Waals surface area contributed by atoms with Gasteiger partial charge in [-0.1, -0.05) is 13.8 Å². The van der Waals surface area contributed by atoms with Crippen LogP contribution in [0.4, 0.5) is 0 Å². The third-order valence-corrected chi connectivity index (χ3v) is 7.59. The lowest BCUT2D eigenvalue weighted by Crippen LogP contribution is -2.60. The molecule has 1 aromatic rings. The van der Waals surface area contributed by atoms with Crippen LogP contribution in [0.5, 0.6) is 11.5 Å². The van der Waals surface area contributed by atoms with E-state index in [9.17, 15) is 14.4 Å². The van der Waals surface area contributed by atoms with Crippen LogP contribution in [0.15, 0.2) is 17.9 Å². The van der Waals surface area contributed by atoms with Crippen LogP contribution in [0.3, 0.4) is 0 Å². The van der Waals surface area contributed by atoms with E-state index in [4.69, 9.17) is 18.9 Å². The van der Waals surface area contributed by atoms with E-state index in [1.54, 1.807) is 19.9 Å². The van der Waals surface area contributed by atoms with Crippen LogP contribution in [-0.4, -0.2) is 56.5 Å². The summed E-state index contributed by atoms with van der Waals surface area (Å²) in [6, 6.07) is 1.93. The Kier molecular flexibility index (Phi) is 6.71. The monoisotopic (exact) mass is 471 g/mol. The lowest BCUT2D eigenvalue weighted by atomic mass is 9.53. The Morgan fingerprint density at radius 1 is 1.15 bits per heavy atom. The van der Waals surface area contributed by atoms with Gasteiger partial charge in [0.1, 0.15) is 6.61 Å². The summed E-state index contributed by atoms with van der Waals surface area (Å²) in [5.41, 5.74) is 2.06. The quantitative estimate of drug-likeness (QED) is 0.443. The second-order valence-electron chi connectivity index (χ2n) is 9.28. The molecule has 184 valence electrons. The summed E-state index contributed by atoms with van der Waals surface area (Å²) < 4.78 is 22.5. The molecular formula is C26H33NO7. The minimum atomic E-state index is -0.564. The molecule has 3 atom stereocenters. The smallest absolute Gasteiger partial charge is 0.311 e. The van der Waals surface area contributed by atoms with Gasteiger partial charge in [0.05, 0.1) is 14.2 Å². The van der Waals surface area contributed by atoms with Crippen molar-refractivity contribution in [1.82, 2.24) is 4.90 Å². The zero-order chi connectivity index (χ0) is 24.6. The number of carbonyl (C=O) groups is 3. The molecule has 4 rings (SSSR count). The van der Waals surface area contributed by atoms with Crippen LogP contribution in [0.1, 0.15) is 56.2 Å². The molecule has 1 aliphatic heterocycles. The molecule has 0 N–H and O–H groups in total. The highest BCUT2D eigenvalue weighted by atomic mass is 16.6. The van der Waals surface area contributed by atoms with Crippen LogP contribution in [0.2, 0.25) is 0 Å². The van der Waals surface area contributed by atoms with E-state index >= 15 is 0 Å². The number of fused-ring (bicyclic) bond motifs is 1. The van der Waals surface area contributed by atoms with Gasteiger partial charge in [-0.05, 0) is 49.7 Å². The van der Waals surface area contributed by atoms with Crippen molar-refractivity contribution in [2.24, 2.45) is 5.92 Å². The number of esters is 2. The van der Waals surface area contributed by atoms with Gasteiger partial charge in [0, 0.05) is 42.2 Å². The van der Waals surface area contributed by atoms with Gasteiger partial charge in [-0.15, -0.1) is 0 Å². The van der Waals surface area contributed by atoms with Gasteiger partial charge in [-0.25, -0.2) is 0 Å². The number of hydrogen-bond acceptors (Lipinski definition) is 8. The number of Topliss-reactive ketones (excluding diaryl/α,β-unsaturated/α-hetero) is 1. The van der Waals surface area contributed by atoms with Gasteiger partial charge >= 0.3 is 11.9 Å². The summed E-state index contributed by atoms with van der Waals surface area (Å²) in [7, 11) is 5.14. The van der Waals surface area contributed by atoms with Crippen molar-refractivity contribution < 1.29 is 33.3 Å².